The number of benzene rings is 1. The molecule has 2 heterocycles. The number of aryl methyl sites for hydroxylation is 2. The summed E-state index contributed by atoms with van der Waals surface area (Å²) in [7, 11) is 0. The summed E-state index contributed by atoms with van der Waals surface area (Å²) in [5.74, 6) is 1.36. The highest BCUT2D eigenvalue weighted by Gasteiger charge is 2.31. The van der Waals surface area contributed by atoms with Gasteiger partial charge in [-0.2, -0.15) is 10.5 Å². The predicted molar refractivity (Wildman–Crippen MR) is 107 cm³/mol. The molecule has 0 radical (unpaired) electrons. The normalized spacial score (nSPS) is 14.8. The van der Waals surface area contributed by atoms with E-state index in [4.69, 9.17) is 21.5 Å². The molecule has 0 saturated carbocycles. The van der Waals surface area contributed by atoms with Crippen LogP contribution in [0, 0.1) is 36.6 Å². The Morgan fingerprint density at radius 1 is 1.21 bits per heavy atom. The number of aliphatic imine (C=N–C) groups is 1. The molecule has 0 bridgehead atoms. The van der Waals surface area contributed by atoms with Crippen LogP contribution < -0.4 is 26.8 Å². The van der Waals surface area contributed by atoms with Crippen LogP contribution in [0.2, 0.25) is 0 Å². The van der Waals surface area contributed by atoms with E-state index < -0.39 is 6.04 Å². The van der Waals surface area contributed by atoms with Gasteiger partial charge in [0.05, 0.1) is 12.3 Å². The largest absolute Gasteiger partial charge is 0.494 e. The number of aromatic nitrogens is 1. The van der Waals surface area contributed by atoms with Crippen molar-refractivity contribution in [1.82, 2.24) is 10.3 Å². The number of rotatable bonds is 3. The minimum Gasteiger partial charge on any atom is -0.494 e. The molecule has 1 unspecified atom stereocenters. The van der Waals surface area contributed by atoms with E-state index in [-0.39, 0.29) is 23.0 Å². The molecule has 0 fully saturated rings. The lowest BCUT2D eigenvalue weighted by Gasteiger charge is -2.28. The van der Waals surface area contributed by atoms with E-state index in [1.165, 1.54) is 0 Å². The lowest BCUT2D eigenvalue weighted by atomic mass is 9.89. The summed E-state index contributed by atoms with van der Waals surface area (Å²) < 4.78 is 5.61. The smallest absolute Gasteiger partial charge is 0.211 e. The number of anilines is 3. The molecule has 0 amide bonds. The first-order valence-electron chi connectivity index (χ1n) is 8.64. The molecule has 1 atom stereocenters. The van der Waals surface area contributed by atoms with Crippen molar-refractivity contribution in [2.75, 3.05) is 23.4 Å². The second kappa shape index (κ2) is 7.33. The van der Waals surface area contributed by atoms with Gasteiger partial charge in [0.1, 0.15) is 35.1 Å². The number of pyridine rings is 1. The van der Waals surface area contributed by atoms with E-state index in [2.05, 4.69) is 20.6 Å². The third kappa shape index (κ3) is 3.10. The molecule has 0 spiro atoms. The van der Waals surface area contributed by atoms with Crippen molar-refractivity contribution in [3.63, 3.8) is 0 Å². The van der Waals surface area contributed by atoms with Gasteiger partial charge in [0.2, 0.25) is 5.96 Å². The first-order valence-corrected chi connectivity index (χ1v) is 8.64. The van der Waals surface area contributed by atoms with Crippen molar-refractivity contribution in [2.45, 2.75) is 26.8 Å². The lowest BCUT2D eigenvalue weighted by molar-refractivity contribution is 0.339. The Labute approximate surface area is 162 Å². The number of ether oxygens (including phenoxy) is 1. The van der Waals surface area contributed by atoms with Gasteiger partial charge in [-0.3, -0.25) is 5.32 Å². The van der Waals surface area contributed by atoms with Crippen molar-refractivity contribution in [1.29, 1.82) is 10.5 Å². The summed E-state index contributed by atoms with van der Waals surface area (Å²) in [6.07, 6.45) is 1.84. The Morgan fingerprint density at radius 2 is 1.89 bits per heavy atom. The van der Waals surface area contributed by atoms with Gasteiger partial charge < -0.3 is 21.5 Å². The van der Waals surface area contributed by atoms with Crippen LogP contribution in [-0.4, -0.2) is 17.6 Å². The second-order valence-electron chi connectivity index (χ2n) is 6.31. The molecule has 9 nitrogen and oxygen atoms in total. The number of nitriles is 2. The van der Waals surface area contributed by atoms with E-state index >= 15 is 0 Å². The van der Waals surface area contributed by atoms with Crippen LogP contribution in [0.25, 0.3) is 0 Å². The second-order valence-corrected chi connectivity index (χ2v) is 6.31. The number of hydrogen-bond acceptors (Lipinski definition) is 9. The molecule has 0 aliphatic carbocycles. The number of nitrogens with one attached hydrogen (secondary N) is 2. The maximum Gasteiger partial charge on any atom is 0.211 e. The van der Waals surface area contributed by atoms with Gasteiger partial charge in [0.15, 0.2) is 6.19 Å². The van der Waals surface area contributed by atoms with Gasteiger partial charge in [-0.25, -0.2) is 9.98 Å². The molecule has 142 valence electrons. The summed E-state index contributed by atoms with van der Waals surface area (Å²) in [6.45, 7) is 6.38. The van der Waals surface area contributed by atoms with Gasteiger partial charge in [0, 0.05) is 5.56 Å². The molecule has 3 rings (SSSR count). The summed E-state index contributed by atoms with van der Waals surface area (Å²) in [4.78, 5) is 8.88. The molecule has 9 heteroatoms. The SMILES string of the molecule is CCOc1cc(C)c(C2N=C(NC#N)Nc3nc(N)c(C#N)c(N)c32)c(C)c1. The summed E-state index contributed by atoms with van der Waals surface area (Å²) >= 11 is 0. The fraction of sp³-hybridized carbons (Fsp3) is 0.263. The van der Waals surface area contributed by atoms with Gasteiger partial charge >= 0.3 is 0 Å². The number of hydrogen-bond donors (Lipinski definition) is 4. The molecule has 1 aliphatic heterocycles. The van der Waals surface area contributed by atoms with Crippen LogP contribution in [0.5, 0.6) is 5.75 Å². The monoisotopic (exact) mass is 376 g/mol. The van der Waals surface area contributed by atoms with E-state index in [1.54, 1.807) is 0 Å². The van der Waals surface area contributed by atoms with Crippen molar-refractivity contribution in [3.05, 3.63) is 39.9 Å². The third-order valence-corrected chi connectivity index (χ3v) is 4.51. The van der Waals surface area contributed by atoms with Gasteiger partial charge in [0.25, 0.3) is 0 Å². The third-order valence-electron chi connectivity index (χ3n) is 4.51. The Balaban J connectivity index is 2.27. The number of nitrogens with two attached hydrogens (primary N) is 2. The first kappa shape index (κ1) is 18.8. The topological polar surface area (TPSA) is 158 Å². The zero-order valence-corrected chi connectivity index (χ0v) is 15.8. The highest BCUT2D eigenvalue weighted by Crippen LogP contribution is 2.43. The lowest BCUT2D eigenvalue weighted by Crippen LogP contribution is -2.33. The Kier molecular flexibility index (Phi) is 4.92. The van der Waals surface area contributed by atoms with E-state index in [0.29, 0.717) is 18.0 Å². The highest BCUT2D eigenvalue weighted by atomic mass is 16.5. The molecular weight excluding hydrogens is 356 g/mol. The number of nitrogen functional groups attached to an aromatic ring is 2. The number of fused-ring (bicyclic) bond motifs is 1. The van der Waals surface area contributed by atoms with Crippen molar-refractivity contribution < 1.29 is 4.74 Å². The van der Waals surface area contributed by atoms with E-state index in [0.717, 1.165) is 22.4 Å². The fourth-order valence-corrected chi connectivity index (χ4v) is 3.41. The predicted octanol–water partition coefficient (Wildman–Crippen LogP) is 2.07. The van der Waals surface area contributed by atoms with E-state index in [9.17, 15) is 5.26 Å². The maximum atomic E-state index is 9.42. The summed E-state index contributed by atoms with van der Waals surface area (Å²) in [6, 6.07) is 5.28. The quantitative estimate of drug-likeness (QED) is 0.468. The Hall–Kier alpha value is -3.98. The standard InChI is InChI=1S/C19H20N8O/c1-4-28-11-5-9(2)13(10(3)6-11)16-14-15(22)12(7-20)17(23)26-18(14)27-19(25-16)24-8-21/h5-6,16H,4H2,1-3H3,(H6,22,23,24,25,26,27). The fourth-order valence-electron chi connectivity index (χ4n) is 3.41. The van der Waals surface area contributed by atoms with Crippen molar-refractivity contribution in [3.8, 4) is 18.0 Å². The molecule has 1 aliphatic rings. The highest BCUT2D eigenvalue weighted by molar-refractivity contribution is 5.98. The van der Waals surface area contributed by atoms with Crippen LogP contribution in [0.15, 0.2) is 17.1 Å². The van der Waals surface area contributed by atoms with Crippen molar-refractivity contribution in [2.24, 2.45) is 4.99 Å². The van der Waals surface area contributed by atoms with Crippen LogP contribution in [0.1, 0.15) is 40.8 Å². The number of nitrogens with zero attached hydrogens (tertiary/aromatic N) is 4. The molecule has 6 N–H and O–H groups in total. The molecule has 28 heavy (non-hydrogen) atoms. The van der Waals surface area contributed by atoms with Crippen LogP contribution in [-0.2, 0) is 0 Å². The molecular formula is C19H20N8O. The zero-order valence-electron chi connectivity index (χ0n) is 15.8. The average Bonchev–Trinajstić information content (AvgIpc) is 2.61. The van der Waals surface area contributed by atoms with Gasteiger partial charge in [-0.05, 0) is 49.6 Å². The Morgan fingerprint density at radius 3 is 2.46 bits per heavy atom. The van der Waals surface area contributed by atoms with Gasteiger partial charge in [-0.15, -0.1) is 0 Å². The molecule has 0 saturated heterocycles. The number of guanidine groups is 1. The van der Waals surface area contributed by atoms with E-state index in [1.807, 2.05) is 45.2 Å². The minimum atomic E-state index is -0.567. The van der Waals surface area contributed by atoms with Crippen LogP contribution in [0.3, 0.4) is 0 Å². The first-order chi connectivity index (χ1) is 13.4. The minimum absolute atomic E-state index is 0.0170. The summed E-state index contributed by atoms with van der Waals surface area (Å²) in [5.41, 5.74) is 15.8. The van der Waals surface area contributed by atoms with Crippen LogP contribution >= 0.6 is 0 Å². The average molecular weight is 376 g/mol. The van der Waals surface area contributed by atoms with Crippen LogP contribution in [0.4, 0.5) is 17.3 Å². The maximum absolute atomic E-state index is 9.42. The zero-order chi connectivity index (χ0) is 20.4. The van der Waals surface area contributed by atoms with Gasteiger partial charge in [-0.1, -0.05) is 0 Å². The molecule has 2 aromatic rings. The van der Waals surface area contributed by atoms with Crippen molar-refractivity contribution >= 4 is 23.3 Å². The molecule has 1 aromatic carbocycles. The summed E-state index contributed by atoms with van der Waals surface area (Å²) in [5, 5.41) is 23.8. The molecule has 1 aromatic heterocycles. The Bertz CT molecular complexity index is 1040.